The fourth-order valence-corrected chi connectivity index (χ4v) is 5.27. The third kappa shape index (κ3) is 6.12. The molecule has 8 nitrogen and oxygen atoms in total. The molecule has 0 saturated carbocycles. The highest BCUT2D eigenvalue weighted by molar-refractivity contribution is 8.16. The number of esters is 1. The fourth-order valence-electron chi connectivity index (χ4n) is 4.31. The van der Waals surface area contributed by atoms with E-state index >= 15 is 0 Å². The van der Waals surface area contributed by atoms with E-state index < -0.39 is 17.8 Å². The molecule has 1 amide bonds. The standard InChI is InChI=1S/C25H31FN4O4S/c1-16(2)34-24(32)22-17(3)28-25-30(23(22)18-5-4-6-19(26)13-18)20(15-35-25)14-21(31)27-7-8-29-9-11-33-12-10-29/h4-6,13,15-16,23H,7-12,14H2,1-3H3,(H,27,31). The number of hydrogen-bond acceptors (Lipinski definition) is 8. The van der Waals surface area contributed by atoms with Crippen LogP contribution >= 0.6 is 11.8 Å². The molecule has 1 N–H and O–H groups in total. The lowest BCUT2D eigenvalue weighted by atomic mass is 9.93. The second kappa shape index (κ2) is 11.4. The summed E-state index contributed by atoms with van der Waals surface area (Å²) >= 11 is 1.39. The van der Waals surface area contributed by atoms with Crippen molar-refractivity contribution in [3.05, 3.63) is 58.0 Å². The maximum absolute atomic E-state index is 14.2. The first-order valence-electron chi connectivity index (χ1n) is 11.8. The minimum Gasteiger partial charge on any atom is -0.459 e. The number of amides is 1. The molecule has 35 heavy (non-hydrogen) atoms. The summed E-state index contributed by atoms with van der Waals surface area (Å²) in [4.78, 5) is 34.6. The summed E-state index contributed by atoms with van der Waals surface area (Å²) < 4.78 is 25.1. The maximum atomic E-state index is 14.2. The van der Waals surface area contributed by atoms with Gasteiger partial charge in [-0.1, -0.05) is 23.9 Å². The Morgan fingerprint density at radius 3 is 2.80 bits per heavy atom. The smallest absolute Gasteiger partial charge is 0.338 e. The molecule has 1 fully saturated rings. The lowest BCUT2D eigenvalue weighted by Gasteiger charge is -2.36. The van der Waals surface area contributed by atoms with E-state index in [1.165, 1.54) is 23.9 Å². The zero-order chi connectivity index (χ0) is 24.9. The number of nitrogens with one attached hydrogen (secondary N) is 1. The summed E-state index contributed by atoms with van der Waals surface area (Å²) in [5.41, 5.74) is 2.16. The van der Waals surface area contributed by atoms with Gasteiger partial charge < -0.3 is 19.7 Å². The van der Waals surface area contributed by atoms with Gasteiger partial charge in [-0.25, -0.2) is 14.2 Å². The number of halogens is 1. The molecular formula is C25H31FN4O4S. The monoisotopic (exact) mass is 502 g/mol. The minimum atomic E-state index is -0.646. The van der Waals surface area contributed by atoms with Gasteiger partial charge in [0, 0.05) is 31.9 Å². The van der Waals surface area contributed by atoms with Crippen molar-refractivity contribution in [3.63, 3.8) is 0 Å². The Morgan fingerprint density at radius 2 is 2.09 bits per heavy atom. The van der Waals surface area contributed by atoms with Gasteiger partial charge in [0.05, 0.1) is 43.1 Å². The number of ether oxygens (including phenoxy) is 2. The van der Waals surface area contributed by atoms with E-state index in [2.05, 4.69) is 15.2 Å². The largest absolute Gasteiger partial charge is 0.459 e. The average Bonchev–Trinajstić information content (AvgIpc) is 3.20. The Balaban J connectivity index is 1.53. The van der Waals surface area contributed by atoms with E-state index in [0.29, 0.717) is 47.5 Å². The molecule has 0 aliphatic carbocycles. The number of fused-ring (bicyclic) bond motifs is 1. The van der Waals surface area contributed by atoms with Crippen molar-refractivity contribution in [2.45, 2.75) is 39.3 Å². The molecule has 0 aromatic heterocycles. The van der Waals surface area contributed by atoms with Gasteiger partial charge >= 0.3 is 5.97 Å². The zero-order valence-corrected chi connectivity index (χ0v) is 21.1. The Bertz CT molecular complexity index is 1070. The lowest BCUT2D eigenvalue weighted by Crippen LogP contribution is -2.42. The van der Waals surface area contributed by atoms with Gasteiger partial charge in [0.2, 0.25) is 5.91 Å². The molecule has 3 aliphatic heterocycles. The molecule has 1 aromatic carbocycles. The molecule has 0 spiro atoms. The predicted molar refractivity (Wildman–Crippen MR) is 133 cm³/mol. The van der Waals surface area contributed by atoms with E-state index in [0.717, 1.165) is 19.6 Å². The maximum Gasteiger partial charge on any atom is 0.338 e. The van der Waals surface area contributed by atoms with Crippen LogP contribution in [0.2, 0.25) is 0 Å². The number of nitrogens with zero attached hydrogens (tertiary/aromatic N) is 3. The Morgan fingerprint density at radius 1 is 1.31 bits per heavy atom. The van der Waals surface area contributed by atoms with Gasteiger partial charge in [0.1, 0.15) is 5.82 Å². The van der Waals surface area contributed by atoms with Gasteiger partial charge in [-0.3, -0.25) is 9.69 Å². The highest BCUT2D eigenvalue weighted by Crippen LogP contribution is 2.45. The van der Waals surface area contributed by atoms with E-state index in [9.17, 15) is 14.0 Å². The van der Waals surface area contributed by atoms with Crippen molar-refractivity contribution >= 4 is 28.8 Å². The summed E-state index contributed by atoms with van der Waals surface area (Å²) in [5, 5.41) is 5.50. The Kier molecular flexibility index (Phi) is 8.25. The van der Waals surface area contributed by atoms with Gasteiger partial charge in [0.25, 0.3) is 0 Å². The zero-order valence-electron chi connectivity index (χ0n) is 20.3. The van der Waals surface area contributed by atoms with Crippen molar-refractivity contribution < 1.29 is 23.5 Å². The first kappa shape index (κ1) is 25.4. The van der Waals surface area contributed by atoms with Crippen LogP contribution < -0.4 is 5.32 Å². The average molecular weight is 503 g/mol. The van der Waals surface area contributed by atoms with Crippen LogP contribution in [0.1, 0.15) is 38.8 Å². The first-order valence-corrected chi connectivity index (χ1v) is 12.7. The molecule has 1 aromatic rings. The highest BCUT2D eigenvalue weighted by Gasteiger charge is 2.41. The van der Waals surface area contributed by atoms with Crippen molar-refractivity contribution in [1.29, 1.82) is 0 Å². The van der Waals surface area contributed by atoms with Crippen LogP contribution in [-0.4, -0.2) is 72.3 Å². The topological polar surface area (TPSA) is 83.5 Å². The van der Waals surface area contributed by atoms with Crippen LogP contribution in [0, 0.1) is 5.82 Å². The van der Waals surface area contributed by atoms with Crippen molar-refractivity contribution in [2.24, 2.45) is 4.99 Å². The second-order valence-electron chi connectivity index (χ2n) is 8.88. The lowest BCUT2D eigenvalue weighted by molar-refractivity contribution is -0.143. The quantitative estimate of drug-likeness (QED) is 0.547. The predicted octanol–water partition coefficient (Wildman–Crippen LogP) is 3.19. The Labute approximate surface area is 209 Å². The summed E-state index contributed by atoms with van der Waals surface area (Å²) in [6.45, 7) is 9.77. The highest BCUT2D eigenvalue weighted by atomic mass is 32.2. The molecule has 1 unspecified atom stereocenters. The number of aliphatic imine (C=N–C) groups is 1. The summed E-state index contributed by atoms with van der Waals surface area (Å²) in [5.74, 6) is -1.03. The molecule has 1 saturated heterocycles. The summed E-state index contributed by atoms with van der Waals surface area (Å²) in [7, 11) is 0. The third-order valence-corrected chi connectivity index (χ3v) is 6.81. The van der Waals surface area contributed by atoms with Crippen LogP contribution in [-0.2, 0) is 19.1 Å². The molecule has 4 rings (SSSR count). The van der Waals surface area contributed by atoms with Crippen molar-refractivity contribution in [3.8, 4) is 0 Å². The molecule has 1 atom stereocenters. The Hall–Kier alpha value is -2.69. The summed E-state index contributed by atoms with van der Waals surface area (Å²) in [6, 6.07) is 5.51. The number of hydrogen-bond donors (Lipinski definition) is 1. The molecule has 0 bridgehead atoms. The number of carbonyl (C=O) groups is 2. The van der Waals surface area contributed by atoms with Crippen LogP contribution in [0.15, 0.2) is 51.6 Å². The molecule has 188 valence electrons. The fraction of sp³-hybridized carbons (Fsp3) is 0.480. The van der Waals surface area contributed by atoms with Crippen LogP contribution in [0.5, 0.6) is 0 Å². The molecule has 0 radical (unpaired) electrons. The molecule has 10 heteroatoms. The SMILES string of the molecule is CC1=C(C(=O)OC(C)C)C(c2cccc(F)c2)N2C(CC(=O)NCCN3CCOCC3)=CSC2=N1. The van der Waals surface area contributed by atoms with E-state index in [-0.39, 0.29) is 18.4 Å². The number of allylic oxidation sites excluding steroid dienone is 1. The number of amidine groups is 1. The number of carbonyl (C=O) groups excluding carboxylic acids is 2. The molecule has 3 heterocycles. The normalized spacial score (nSPS) is 20.5. The van der Waals surface area contributed by atoms with E-state index in [4.69, 9.17) is 9.47 Å². The van der Waals surface area contributed by atoms with Crippen LogP contribution in [0.25, 0.3) is 0 Å². The number of thioether (sulfide) groups is 1. The number of rotatable bonds is 8. The van der Waals surface area contributed by atoms with E-state index in [1.54, 1.807) is 32.9 Å². The summed E-state index contributed by atoms with van der Waals surface area (Å²) in [6.07, 6.45) is -0.200. The third-order valence-electron chi connectivity index (χ3n) is 5.92. The van der Waals surface area contributed by atoms with Crippen molar-refractivity contribution in [1.82, 2.24) is 15.1 Å². The number of benzene rings is 1. The minimum absolute atomic E-state index is 0.118. The second-order valence-corrected chi connectivity index (χ2v) is 9.72. The molecular weight excluding hydrogens is 471 g/mol. The van der Waals surface area contributed by atoms with Gasteiger partial charge in [0.15, 0.2) is 5.17 Å². The van der Waals surface area contributed by atoms with Crippen LogP contribution in [0.3, 0.4) is 0 Å². The number of morpholine rings is 1. The molecule has 3 aliphatic rings. The van der Waals surface area contributed by atoms with Gasteiger partial charge in [-0.15, -0.1) is 0 Å². The van der Waals surface area contributed by atoms with Crippen molar-refractivity contribution in [2.75, 3.05) is 39.4 Å². The van der Waals surface area contributed by atoms with Gasteiger partial charge in [-0.05, 0) is 43.9 Å². The van der Waals surface area contributed by atoms with E-state index in [1.807, 2.05) is 10.3 Å². The van der Waals surface area contributed by atoms with Crippen LogP contribution in [0.4, 0.5) is 4.39 Å². The van der Waals surface area contributed by atoms with Gasteiger partial charge in [-0.2, -0.15) is 0 Å². The first-order chi connectivity index (χ1) is 16.8.